The van der Waals surface area contributed by atoms with Crippen LogP contribution in [0.15, 0.2) is 48.5 Å². The molecule has 0 radical (unpaired) electrons. The molecule has 4 rings (SSSR count). The van der Waals surface area contributed by atoms with Gasteiger partial charge < -0.3 is 10.1 Å². The number of aromatic nitrogens is 1. The summed E-state index contributed by atoms with van der Waals surface area (Å²) >= 11 is 0. The maximum Gasteiger partial charge on any atom is 0.339 e. The first-order valence-electron chi connectivity index (χ1n) is 11.3. The molecule has 1 N–H and O–H groups in total. The van der Waals surface area contributed by atoms with Gasteiger partial charge in [0.25, 0.3) is 5.91 Å². The van der Waals surface area contributed by atoms with Gasteiger partial charge in [0.15, 0.2) is 6.61 Å². The van der Waals surface area contributed by atoms with E-state index in [1.54, 1.807) is 6.07 Å². The zero-order valence-corrected chi connectivity index (χ0v) is 19.0. The second-order valence-electron chi connectivity index (χ2n) is 8.77. The zero-order chi connectivity index (χ0) is 23.4. The molecule has 0 atom stereocenters. The molecule has 2 aromatic carbocycles. The van der Waals surface area contributed by atoms with E-state index in [4.69, 9.17) is 9.72 Å². The standard InChI is InChI=1S/C27H27N3O3/c1-18-10-11-20(19(2)14-18)24-15-22(21-8-4-5-9-23(21)29-24)26(32)33-16-25(31)30-27(17-28)12-6-3-7-13-27/h4-5,8-11,14-15H,3,6-7,12-13,16H2,1-2H3,(H,30,31). The minimum Gasteiger partial charge on any atom is -0.452 e. The Morgan fingerprint density at radius 2 is 1.85 bits per heavy atom. The summed E-state index contributed by atoms with van der Waals surface area (Å²) in [4.78, 5) is 30.3. The highest BCUT2D eigenvalue weighted by Gasteiger charge is 2.33. The Morgan fingerprint density at radius 3 is 2.58 bits per heavy atom. The van der Waals surface area contributed by atoms with E-state index in [1.807, 2.05) is 50.2 Å². The monoisotopic (exact) mass is 441 g/mol. The molecule has 1 aliphatic rings. The van der Waals surface area contributed by atoms with Crippen LogP contribution in [0.3, 0.4) is 0 Å². The number of fused-ring (bicyclic) bond motifs is 1. The number of ether oxygens (including phenoxy) is 1. The van der Waals surface area contributed by atoms with Crippen molar-refractivity contribution in [1.82, 2.24) is 10.3 Å². The molecule has 1 heterocycles. The largest absolute Gasteiger partial charge is 0.452 e. The van der Waals surface area contributed by atoms with E-state index in [0.717, 1.165) is 36.0 Å². The van der Waals surface area contributed by atoms with Crippen molar-refractivity contribution in [3.8, 4) is 17.3 Å². The molecule has 6 heteroatoms. The summed E-state index contributed by atoms with van der Waals surface area (Å²) in [5.74, 6) is -1.05. The fourth-order valence-corrected chi connectivity index (χ4v) is 4.52. The van der Waals surface area contributed by atoms with Gasteiger partial charge in [-0.05, 0) is 44.4 Å². The number of para-hydroxylation sites is 1. The average Bonchev–Trinajstić information content (AvgIpc) is 2.82. The topological polar surface area (TPSA) is 92.1 Å². The lowest BCUT2D eigenvalue weighted by atomic mass is 9.83. The molecule has 1 amide bonds. The fourth-order valence-electron chi connectivity index (χ4n) is 4.52. The van der Waals surface area contributed by atoms with Crippen LogP contribution in [0.4, 0.5) is 0 Å². The van der Waals surface area contributed by atoms with Gasteiger partial charge in [0, 0.05) is 10.9 Å². The van der Waals surface area contributed by atoms with E-state index in [9.17, 15) is 14.9 Å². The van der Waals surface area contributed by atoms with Crippen molar-refractivity contribution in [2.45, 2.75) is 51.5 Å². The number of amides is 1. The highest BCUT2D eigenvalue weighted by molar-refractivity contribution is 6.05. The summed E-state index contributed by atoms with van der Waals surface area (Å²) in [5, 5.41) is 13.0. The van der Waals surface area contributed by atoms with Crippen molar-refractivity contribution in [1.29, 1.82) is 5.26 Å². The van der Waals surface area contributed by atoms with Crippen molar-refractivity contribution >= 4 is 22.8 Å². The Morgan fingerprint density at radius 1 is 1.09 bits per heavy atom. The minimum atomic E-state index is -0.860. The second-order valence-corrected chi connectivity index (χ2v) is 8.77. The van der Waals surface area contributed by atoms with Crippen LogP contribution in [0, 0.1) is 25.2 Å². The van der Waals surface area contributed by atoms with Gasteiger partial charge in [-0.3, -0.25) is 4.79 Å². The Balaban J connectivity index is 1.57. The number of carbonyl (C=O) groups is 2. The number of hydrogen-bond donors (Lipinski definition) is 1. The lowest BCUT2D eigenvalue weighted by Gasteiger charge is -2.31. The van der Waals surface area contributed by atoms with E-state index in [0.29, 0.717) is 35.0 Å². The van der Waals surface area contributed by atoms with E-state index in [2.05, 4.69) is 17.5 Å². The molecule has 0 unspecified atom stereocenters. The van der Waals surface area contributed by atoms with E-state index in [-0.39, 0.29) is 0 Å². The number of aryl methyl sites for hydroxylation is 2. The van der Waals surface area contributed by atoms with Gasteiger partial charge in [0.2, 0.25) is 0 Å². The summed E-state index contributed by atoms with van der Waals surface area (Å²) in [7, 11) is 0. The summed E-state index contributed by atoms with van der Waals surface area (Å²) in [6, 6.07) is 17.4. The third-order valence-electron chi connectivity index (χ3n) is 6.23. The van der Waals surface area contributed by atoms with Gasteiger partial charge in [0.1, 0.15) is 5.54 Å². The van der Waals surface area contributed by atoms with Crippen LogP contribution in [-0.2, 0) is 9.53 Å². The van der Waals surface area contributed by atoms with Gasteiger partial charge in [-0.1, -0.05) is 61.2 Å². The van der Waals surface area contributed by atoms with Crippen LogP contribution in [0.2, 0.25) is 0 Å². The third-order valence-corrected chi connectivity index (χ3v) is 6.23. The van der Waals surface area contributed by atoms with Crippen LogP contribution in [0.25, 0.3) is 22.2 Å². The lowest BCUT2D eigenvalue weighted by molar-refractivity contribution is -0.125. The smallest absolute Gasteiger partial charge is 0.339 e. The number of rotatable bonds is 5. The predicted octanol–water partition coefficient (Wildman–Crippen LogP) is 5.02. The Hall–Kier alpha value is -3.72. The highest BCUT2D eigenvalue weighted by atomic mass is 16.5. The maximum atomic E-state index is 13.0. The molecular weight excluding hydrogens is 414 g/mol. The highest BCUT2D eigenvalue weighted by Crippen LogP contribution is 2.29. The zero-order valence-electron chi connectivity index (χ0n) is 19.0. The lowest BCUT2D eigenvalue weighted by Crippen LogP contribution is -2.50. The van der Waals surface area contributed by atoms with Gasteiger partial charge in [-0.2, -0.15) is 5.26 Å². The molecule has 0 spiro atoms. The van der Waals surface area contributed by atoms with E-state index < -0.39 is 24.0 Å². The van der Waals surface area contributed by atoms with Crippen molar-refractivity contribution < 1.29 is 14.3 Å². The Kier molecular flexibility index (Phi) is 6.41. The molecule has 0 saturated heterocycles. The first-order valence-corrected chi connectivity index (χ1v) is 11.3. The molecule has 1 saturated carbocycles. The molecular formula is C27H27N3O3. The molecule has 1 aromatic heterocycles. The third kappa shape index (κ3) is 4.88. The number of carbonyl (C=O) groups excluding carboxylic acids is 2. The van der Waals surface area contributed by atoms with Crippen molar-refractivity contribution in [3.63, 3.8) is 0 Å². The van der Waals surface area contributed by atoms with Gasteiger partial charge in [-0.25, -0.2) is 9.78 Å². The number of nitriles is 1. The van der Waals surface area contributed by atoms with E-state index >= 15 is 0 Å². The molecule has 168 valence electrons. The fraction of sp³-hybridized carbons (Fsp3) is 0.333. The normalized spacial score (nSPS) is 14.9. The molecule has 1 aliphatic carbocycles. The first-order chi connectivity index (χ1) is 15.9. The number of nitrogens with one attached hydrogen (secondary N) is 1. The van der Waals surface area contributed by atoms with Crippen LogP contribution in [-0.4, -0.2) is 29.0 Å². The van der Waals surface area contributed by atoms with Gasteiger partial charge in [0.05, 0.1) is 22.8 Å². The first kappa shape index (κ1) is 22.5. The predicted molar refractivity (Wildman–Crippen MR) is 127 cm³/mol. The van der Waals surface area contributed by atoms with Crippen LogP contribution < -0.4 is 5.32 Å². The number of esters is 1. The van der Waals surface area contributed by atoms with Crippen LogP contribution >= 0.6 is 0 Å². The van der Waals surface area contributed by atoms with Gasteiger partial charge >= 0.3 is 5.97 Å². The molecule has 0 bridgehead atoms. The number of pyridine rings is 1. The van der Waals surface area contributed by atoms with Gasteiger partial charge in [-0.15, -0.1) is 0 Å². The average molecular weight is 442 g/mol. The number of hydrogen-bond acceptors (Lipinski definition) is 5. The quantitative estimate of drug-likeness (QED) is 0.562. The van der Waals surface area contributed by atoms with Crippen molar-refractivity contribution in [2.75, 3.05) is 6.61 Å². The maximum absolute atomic E-state index is 13.0. The molecule has 0 aliphatic heterocycles. The molecule has 6 nitrogen and oxygen atoms in total. The van der Waals surface area contributed by atoms with Crippen LogP contribution in [0.1, 0.15) is 53.6 Å². The second kappa shape index (κ2) is 9.41. The number of nitrogens with zero attached hydrogens (tertiary/aromatic N) is 2. The summed E-state index contributed by atoms with van der Waals surface area (Å²) in [6.07, 6.45) is 4.11. The van der Waals surface area contributed by atoms with Crippen molar-refractivity contribution in [3.05, 3.63) is 65.2 Å². The molecule has 1 fully saturated rings. The number of benzene rings is 2. The SMILES string of the molecule is Cc1ccc(-c2cc(C(=O)OCC(=O)NC3(C#N)CCCCC3)c3ccccc3n2)c(C)c1. The Bertz CT molecular complexity index is 1250. The Labute approximate surface area is 193 Å². The van der Waals surface area contributed by atoms with Crippen LogP contribution in [0.5, 0.6) is 0 Å². The molecule has 33 heavy (non-hydrogen) atoms. The summed E-state index contributed by atoms with van der Waals surface area (Å²) < 4.78 is 5.38. The van der Waals surface area contributed by atoms with Crippen molar-refractivity contribution in [2.24, 2.45) is 0 Å². The summed E-state index contributed by atoms with van der Waals surface area (Å²) in [5.41, 5.74) is 4.00. The summed E-state index contributed by atoms with van der Waals surface area (Å²) in [6.45, 7) is 3.61. The van der Waals surface area contributed by atoms with E-state index in [1.165, 1.54) is 0 Å². The minimum absolute atomic E-state index is 0.357. The molecule has 3 aromatic rings.